The van der Waals surface area contributed by atoms with E-state index in [4.69, 9.17) is 0 Å². The number of rotatable bonds is 2. The molecule has 0 amide bonds. The molecule has 92 valence electrons. The fraction of sp³-hybridized carbons (Fsp3) is 0.250. The van der Waals surface area contributed by atoms with Crippen LogP contribution >= 0.6 is 0 Å². The fourth-order valence-corrected chi connectivity index (χ4v) is 1.99. The second-order valence-corrected chi connectivity index (χ2v) is 5.69. The highest BCUT2D eigenvalue weighted by Gasteiger charge is 2.18. The molecule has 0 fully saturated rings. The van der Waals surface area contributed by atoms with E-state index in [1.54, 1.807) is 0 Å². The lowest BCUT2D eigenvalue weighted by molar-refractivity contribution is 0.589. The van der Waals surface area contributed by atoms with E-state index in [1.807, 2.05) is 42.5 Å². The van der Waals surface area contributed by atoms with Crippen molar-refractivity contribution < 1.29 is 5.02 Å². The third-order valence-corrected chi connectivity index (χ3v) is 3.21. The second-order valence-electron chi connectivity index (χ2n) is 5.69. The minimum absolute atomic E-state index is 0.149. The van der Waals surface area contributed by atoms with Crippen LogP contribution in [0.4, 0.5) is 0 Å². The summed E-state index contributed by atoms with van der Waals surface area (Å²) in [5, 5.41) is 10.3. The third-order valence-electron chi connectivity index (χ3n) is 3.21. The Kier molecular flexibility index (Phi) is 3.58. The minimum atomic E-state index is -0.541. The van der Waals surface area contributed by atoms with E-state index < -0.39 is 6.92 Å². The van der Waals surface area contributed by atoms with Gasteiger partial charge in [0.15, 0.2) is 0 Å². The topological polar surface area (TPSA) is 20.2 Å². The molecule has 0 radical (unpaired) electrons. The molecular weight excluding hydrogens is 219 g/mol. The Labute approximate surface area is 110 Å². The van der Waals surface area contributed by atoms with E-state index in [9.17, 15) is 5.02 Å². The molecule has 0 aliphatic heterocycles. The molecule has 2 aromatic rings. The van der Waals surface area contributed by atoms with E-state index in [2.05, 4.69) is 32.9 Å². The summed E-state index contributed by atoms with van der Waals surface area (Å²) in [6.45, 7) is 6.03. The average molecular weight is 238 g/mol. The Morgan fingerprint density at radius 1 is 0.778 bits per heavy atom. The zero-order valence-corrected chi connectivity index (χ0v) is 11.2. The summed E-state index contributed by atoms with van der Waals surface area (Å²) in [4.78, 5) is 0. The lowest BCUT2D eigenvalue weighted by atomic mass is 9.56. The van der Waals surface area contributed by atoms with Crippen molar-refractivity contribution in [3.05, 3.63) is 60.2 Å². The van der Waals surface area contributed by atoms with Crippen molar-refractivity contribution in [1.82, 2.24) is 0 Å². The van der Waals surface area contributed by atoms with Gasteiger partial charge in [-0.25, -0.2) is 0 Å². The Bertz CT molecular complexity index is 497. The van der Waals surface area contributed by atoms with Gasteiger partial charge < -0.3 is 5.02 Å². The average Bonchev–Trinajstić information content (AvgIpc) is 2.38. The molecule has 0 aliphatic rings. The monoisotopic (exact) mass is 238 g/mol. The van der Waals surface area contributed by atoms with Crippen LogP contribution in [0.1, 0.15) is 26.3 Å². The normalized spacial score (nSPS) is 11.3. The largest absolute Gasteiger partial charge is 0.443 e. The molecule has 0 bridgehead atoms. The van der Waals surface area contributed by atoms with Gasteiger partial charge in [0.05, 0.1) is 0 Å². The molecule has 18 heavy (non-hydrogen) atoms. The zero-order valence-electron chi connectivity index (χ0n) is 11.2. The Balaban J connectivity index is 2.25. The maximum atomic E-state index is 10.3. The summed E-state index contributed by atoms with van der Waals surface area (Å²) in [7, 11) is 0. The van der Waals surface area contributed by atoms with Crippen molar-refractivity contribution in [3.63, 3.8) is 0 Å². The van der Waals surface area contributed by atoms with Gasteiger partial charge in [-0.15, -0.1) is 0 Å². The van der Waals surface area contributed by atoms with Crippen molar-refractivity contribution >= 4 is 17.8 Å². The second kappa shape index (κ2) is 4.99. The van der Waals surface area contributed by atoms with Crippen LogP contribution in [0.2, 0.25) is 0 Å². The minimum Gasteiger partial charge on any atom is -0.443 e. The molecule has 0 atom stereocenters. The van der Waals surface area contributed by atoms with Gasteiger partial charge >= 0.3 is 6.92 Å². The quantitative estimate of drug-likeness (QED) is 0.794. The van der Waals surface area contributed by atoms with Gasteiger partial charge in [-0.05, 0) is 21.9 Å². The number of benzene rings is 2. The Hall–Kier alpha value is -1.54. The van der Waals surface area contributed by atoms with Gasteiger partial charge in [0.2, 0.25) is 0 Å². The standard InChI is InChI=1S/C16H19BO/c1-16(2,3)13-9-11-15(12-10-13)17(18)14-7-5-4-6-8-14/h4-12,18H,1-3H3. The molecule has 0 heterocycles. The highest BCUT2D eigenvalue weighted by Crippen LogP contribution is 2.20. The Morgan fingerprint density at radius 2 is 1.28 bits per heavy atom. The predicted molar refractivity (Wildman–Crippen MR) is 78.8 cm³/mol. The van der Waals surface area contributed by atoms with Crippen LogP contribution in [0.3, 0.4) is 0 Å². The highest BCUT2D eigenvalue weighted by atomic mass is 16.2. The summed E-state index contributed by atoms with van der Waals surface area (Å²) < 4.78 is 0. The van der Waals surface area contributed by atoms with Crippen LogP contribution < -0.4 is 10.9 Å². The summed E-state index contributed by atoms with van der Waals surface area (Å²) in [5.74, 6) is 0. The predicted octanol–water partition coefficient (Wildman–Crippen LogP) is 2.08. The molecule has 0 unspecified atom stereocenters. The lowest BCUT2D eigenvalue weighted by Gasteiger charge is -2.19. The van der Waals surface area contributed by atoms with Crippen molar-refractivity contribution in [2.24, 2.45) is 0 Å². The molecule has 2 aromatic carbocycles. The first-order chi connectivity index (χ1) is 8.48. The van der Waals surface area contributed by atoms with Crippen LogP contribution in [-0.2, 0) is 5.41 Å². The molecule has 0 saturated carbocycles. The Morgan fingerprint density at radius 3 is 1.78 bits per heavy atom. The smallest absolute Gasteiger partial charge is 0.358 e. The molecule has 0 aromatic heterocycles. The van der Waals surface area contributed by atoms with Crippen LogP contribution in [-0.4, -0.2) is 11.9 Å². The SMILES string of the molecule is CC(C)(C)c1ccc(B(O)c2ccccc2)cc1. The van der Waals surface area contributed by atoms with Gasteiger partial charge in [0.1, 0.15) is 0 Å². The first-order valence-corrected chi connectivity index (χ1v) is 6.32. The maximum Gasteiger partial charge on any atom is 0.358 e. The van der Waals surface area contributed by atoms with Gasteiger partial charge in [-0.2, -0.15) is 0 Å². The van der Waals surface area contributed by atoms with Crippen molar-refractivity contribution in [3.8, 4) is 0 Å². The van der Waals surface area contributed by atoms with Gasteiger partial charge in [0.25, 0.3) is 0 Å². The number of hydrogen-bond donors (Lipinski definition) is 1. The van der Waals surface area contributed by atoms with E-state index in [-0.39, 0.29) is 5.41 Å². The summed E-state index contributed by atoms with van der Waals surface area (Å²) >= 11 is 0. The van der Waals surface area contributed by atoms with Crippen molar-refractivity contribution in [2.75, 3.05) is 0 Å². The molecule has 2 heteroatoms. The molecule has 1 N–H and O–H groups in total. The van der Waals surface area contributed by atoms with Gasteiger partial charge in [-0.1, -0.05) is 75.4 Å². The van der Waals surface area contributed by atoms with E-state index in [1.165, 1.54) is 5.56 Å². The van der Waals surface area contributed by atoms with Crippen LogP contribution in [0, 0.1) is 0 Å². The van der Waals surface area contributed by atoms with Crippen molar-refractivity contribution in [1.29, 1.82) is 0 Å². The fourth-order valence-electron chi connectivity index (χ4n) is 1.99. The summed E-state index contributed by atoms with van der Waals surface area (Å²) in [6, 6.07) is 18.0. The highest BCUT2D eigenvalue weighted by molar-refractivity contribution is 6.78. The summed E-state index contributed by atoms with van der Waals surface area (Å²) in [5.41, 5.74) is 3.30. The van der Waals surface area contributed by atoms with E-state index >= 15 is 0 Å². The zero-order chi connectivity index (χ0) is 13.2. The lowest BCUT2D eigenvalue weighted by Crippen LogP contribution is -2.42. The molecule has 0 aliphatic carbocycles. The molecule has 2 rings (SSSR count). The molecule has 1 nitrogen and oxygen atoms in total. The van der Waals surface area contributed by atoms with Gasteiger partial charge in [0, 0.05) is 0 Å². The van der Waals surface area contributed by atoms with Crippen LogP contribution in [0.15, 0.2) is 54.6 Å². The van der Waals surface area contributed by atoms with Gasteiger partial charge in [-0.3, -0.25) is 0 Å². The molecule has 0 saturated heterocycles. The van der Waals surface area contributed by atoms with Crippen LogP contribution in [0.5, 0.6) is 0 Å². The van der Waals surface area contributed by atoms with Crippen molar-refractivity contribution in [2.45, 2.75) is 26.2 Å². The third kappa shape index (κ3) is 2.83. The van der Waals surface area contributed by atoms with E-state index in [0.29, 0.717) is 0 Å². The van der Waals surface area contributed by atoms with E-state index in [0.717, 1.165) is 10.9 Å². The van der Waals surface area contributed by atoms with Crippen LogP contribution in [0.25, 0.3) is 0 Å². The maximum absolute atomic E-state index is 10.3. The molecular formula is C16H19BO. The first-order valence-electron chi connectivity index (χ1n) is 6.32. The number of hydrogen-bond acceptors (Lipinski definition) is 1. The first kappa shape index (κ1) is 12.9. The molecule has 0 spiro atoms. The summed E-state index contributed by atoms with van der Waals surface area (Å²) in [6.07, 6.45) is 0.